The maximum atomic E-state index is 11.7. The van der Waals surface area contributed by atoms with Gasteiger partial charge < -0.3 is 0 Å². The van der Waals surface area contributed by atoms with Crippen LogP contribution in [0.2, 0.25) is 0 Å². The van der Waals surface area contributed by atoms with Crippen molar-refractivity contribution in [2.24, 2.45) is 10.8 Å². The van der Waals surface area contributed by atoms with Crippen molar-refractivity contribution in [2.75, 3.05) is 12.3 Å². The summed E-state index contributed by atoms with van der Waals surface area (Å²) in [5, 5.41) is -0.162. The summed E-state index contributed by atoms with van der Waals surface area (Å²) >= 11 is 6.12. The Morgan fingerprint density at radius 2 is 1.53 bits per heavy atom. The molecule has 0 saturated carbocycles. The van der Waals surface area contributed by atoms with Gasteiger partial charge in [-0.3, -0.25) is 0 Å². The van der Waals surface area contributed by atoms with Crippen LogP contribution in [-0.2, 0) is 10.0 Å². The van der Waals surface area contributed by atoms with Crippen LogP contribution < -0.4 is 4.72 Å². The summed E-state index contributed by atoms with van der Waals surface area (Å²) in [5.41, 5.74) is -0.125. The summed E-state index contributed by atoms with van der Waals surface area (Å²) in [6, 6.07) is 0. The van der Waals surface area contributed by atoms with Gasteiger partial charge in [0.1, 0.15) is 0 Å². The molecule has 0 aliphatic rings. The molecule has 0 saturated heterocycles. The van der Waals surface area contributed by atoms with E-state index < -0.39 is 10.0 Å². The highest BCUT2D eigenvalue weighted by atomic mass is 35.5. The fraction of sp³-hybridized carbons (Fsp3) is 1.00. The summed E-state index contributed by atoms with van der Waals surface area (Å²) < 4.78 is 26.1. The van der Waals surface area contributed by atoms with Gasteiger partial charge in [-0.15, -0.1) is 11.6 Å². The SMILES string of the molecule is CC(C)(C)CC(Cl)CNS(=O)(=O)CC(C)(C)C. The van der Waals surface area contributed by atoms with Crippen molar-refractivity contribution in [3.8, 4) is 0 Å². The van der Waals surface area contributed by atoms with Gasteiger partial charge in [-0.05, 0) is 17.3 Å². The minimum atomic E-state index is -3.22. The van der Waals surface area contributed by atoms with Crippen molar-refractivity contribution < 1.29 is 8.42 Å². The molecule has 0 aromatic carbocycles. The first-order chi connectivity index (χ1) is 7.31. The Kier molecular flexibility index (Phi) is 5.96. The van der Waals surface area contributed by atoms with Crippen molar-refractivity contribution in [2.45, 2.75) is 53.3 Å². The Balaban J connectivity index is 4.20. The first-order valence-electron chi connectivity index (χ1n) is 5.92. The third-order valence-corrected chi connectivity index (χ3v) is 4.14. The zero-order valence-corrected chi connectivity index (χ0v) is 13.4. The Hall–Kier alpha value is 0.200. The lowest BCUT2D eigenvalue weighted by molar-refractivity contribution is 0.368. The maximum Gasteiger partial charge on any atom is 0.212 e. The van der Waals surface area contributed by atoms with Crippen molar-refractivity contribution >= 4 is 21.6 Å². The van der Waals surface area contributed by atoms with Gasteiger partial charge in [-0.1, -0.05) is 41.5 Å². The highest BCUT2D eigenvalue weighted by Crippen LogP contribution is 2.23. The summed E-state index contributed by atoms with van der Waals surface area (Å²) in [5.74, 6) is 0.124. The third-order valence-electron chi connectivity index (χ3n) is 1.98. The topological polar surface area (TPSA) is 46.2 Å². The molecule has 17 heavy (non-hydrogen) atoms. The van der Waals surface area contributed by atoms with Crippen molar-refractivity contribution in [3.05, 3.63) is 0 Å². The molecule has 5 heteroatoms. The number of halogens is 1. The molecule has 1 unspecified atom stereocenters. The van der Waals surface area contributed by atoms with Crippen LogP contribution in [0.5, 0.6) is 0 Å². The van der Waals surface area contributed by atoms with E-state index in [0.717, 1.165) is 6.42 Å². The molecule has 104 valence electrons. The molecule has 0 aromatic heterocycles. The quantitative estimate of drug-likeness (QED) is 0.789. The molecule has 0 rings (SSSR count). The Morgan fingerprint density at radius 1 is 1.06 bits per heavy atom. The molecule has 1 N–H and O–H groups in total. The lowest BCUT2D eigenvalue weighted by atomic mass is 9.90. The summed E-state index contributed by atoms with van der Waals surface area (Å²) in [4.78, 5) is 0. The normalized spacial score (nSPS) is 15.9. The van der Waals surface area contributed by atoms with Crippen LogP contribution in [0.4, 0.5) is 0 Å². The average molecular weight is 284 g/mol. The number of sulfonamides is 1. The molecule has 0 aromatic rings. The van der Waals surface area contributed by atoms with Gasteiger partial charge in [0.05, 0.1) is 5.75 Å². The second kappa shape index (κ2) is 5.89. The van der Waals surface area contributed by atoms with Crippen LogP contribution in [0, 0.1) is 10.8 Å². The molecule has 0 aliphatic carbocycles. The van der Waals surface area contributed by atoms with Crippen LogP contribution in [0.3, 0.4) is 0 Å². The van der Waals surface area contributed by atoms with Crippen LogP contribution in [-0.4, -0.2) is 26.1 Å². The molecule has 0 amide bonds. The van der Waals surface area contributed by atoms with E-state index in [2.05, 4.69) is 25.5 Å². The summed E-state index contributed by atoms with van der Waals surface area (Å²) in [6.07, 6.45) is 0.784. The van der Waals surface area contributed by atoms with Crippen LogP contribution >= 0.6 is 11.6 Å². The van der Waals surface area contributed by atoms with E-state index >= 15 is 0 Å². The van der Waals surface area contributed by atoms with E-state index in [1.165, 1.54) is 0 Å². The molecule has 0 aliphatic heterocycles. The molecular formula is C12H26ClNO2S. The molecule has 0 fully saturated rings. The fourth-order valence-electron chi connectivity index (χ4n) is 1.58. The van der Waals surface area contributed by atoms with Crippen LogP contribution in [0.15, 0.2) is 0 Å². The van der Waals surface area contributed by atoms with E-state index in [-0.39, 0.29) is 22.0 Å². The molecule has 1 atom stereocenters. The van der Waals surface area contributed by atoms with E-state index in [1.54, 1.807) is 0 Å². The van der Waals surface area contributed by atoms with Gasteiger partial charge in [-0.25, -0.2) is 13.1 Å². The lowest BCUT2D eigenvalue weighted by Gasteiger charge is -2.23. The summed E-state index contributed by atoms with van der Waals surface area (Å²) in [7, 11) is -3.22. The Labute approximate surface area is 111 Å². The summed E-state index contributed by atoms with van der Waals surface area (Å²) in [6.45, 7) is 12.3. The van der Waals surface area contributed by atoms with Crippen LogP contribution in [0.25, 0.3) is 0 Å². The van der Waals surface area contributed by atoms with E-state index in [4.69, 9.17) is 11.6 Å². The second-order valence-corrected chi connectivity index (χ2v) is 9.45. The third kappa shape index (κ3) is 11.0. The highest BCUT2D eigenvalue weighted by molar-refractivity contribution is 7.89. The predicted molar refractivity (Wildman–Crippen MR) is 75.0 cm³/mol. The second-order valence-electron chi connectivity index (χ2n) is 7.03. The molecule has 0 heterocycles. The fourth-order valence-corrected chi connectivity index (χ4v) is 3.90. The molecule has 0 spiro atoms. The van der Waals surface area contributed by atoms with Gasteiger partial charge in [0.2, 0.25) is 10.0 Å². The number of rotatable bonds is 5. The Bertz CT molecular complexity index is 325. The standard InChI is InChI=1S/C12H26ClNO2S/c1-11(2,3)7-10(13)8-14-17(15,16)9-12(4,5)6/h10,14H,7-9H2,1-6H3. The van der Waals surface area contributed by atoms with Gasteiger partial charge >= 0.3 is 0 Å². The van der Waals surface area contributed by atoms with Gasteiger partial charge in [0.25, 0.3) is 0 Å². The van der Waals surface area contributed by atoms with Crippen molar-refractivity contribution in [1.82, 2.24) is 4.72 Å². The van der Waals surface area contributed by atoms with E-state index in [9.17, 15) is 8.42 Å². The first kappa shape index (κ1) is 17.2. The van der Waals surface area contributed by atoms with Gasteiger partial charge in [0.15, 0.2) is 0 Å². The minimum Gasteiger partial charge on any atom is -0.214 e. The zero-order chi connectivity index (χ0) is 13.9. The smallest absolute Gasteiger partial charge is 0.212 e. The predicted octanol–water partition coefficient (Wildman–Crippen LogP) is 3.00. The lowest BCUT2D eigenvalue weighted by Crippen LogP contribution is -2.36. The van der Waals surface area contributed by atoms with Crippen LogP contribution in [0.1, 0.15) is 48.0 Å². The molecular weight excluding hydrogens is 258 g/mol. The van der Waals surface area contributed by atoms with E-state index in [1.807, 2.05) is 20.8 Å². The number of hydrogen-bond acceptors (Lipinski definition) is 2. The van der Waals surface area contributed by atoms with Crippen molar-refractivity contribution in [1.29, 1.82) is 0 Å². The van der Waals surface area contributed by atoms with Crippen molar-refractivity contribution in [3.63, 3.8) is 0 Å². The molecule has 0 bridgehead atoms. The monoisotopic (exact) mass is 283 g/mol. The molecule has 0 radical (unpaired) electrons. The minimum absolute atomic E-state index is 0.113. The Morgan fingerprint density at radius 3 is 1.88 bits per heavy atom. The zero-order valence-electron chi connectivity index (χ0n) is 11.8. The number of nitrogens with one attached hydrogen (secondary N) is 1. The largest absolute Gasteiger partial charge is 0.214 e. The maximum absolute atomic E-state index is 11.7. The average Bonchev–Trinajstić information content (AvgIpc) is 1.92. The van der Waals surface area contributed by atoms with Gasteiger partial charge in [-0.2, -0.15) is 0 Å². The highest BCUT2D eigenvalue weighted by Gasteiger charge is 2.23. The molecule has 3 nitrogen and oxygen atoms in total. The van der Waals surface area contributed by atoms with Gasteiger partial charge in [0, 0.05) is 11.9 Å². The number of alkyl halides is 1. The first-order valence-corrected chi connectivity index (χ1v) is 8.01. The van der Waals surface area contributed by atoms with E-state index in [0.29, 0.717) is 6.54 Å². The number of hydrogen-bond donors (Lipinski definition) is 1.